The van der Waals surface area contributed by atoms with Gasteiger partial charge in [0.15, 0.2) is 0 Å². The number of hydrogen-bond acceptors (Lipinski definition) is 2. The standard InChI is InChI=1S/C17H14Br2O2/c1-17(2,13-7-3-11(4-8-13)15(18)20)14-9-5-12(6-10-14)16(19)21/h3-10H,1-2H3. The van der Waals surface area contributed by atoms with Crippen LogP contribution >= 0.6 is 31.9 Å². The van der Waals surface area contributed by atoms with E-state index in [0.29, 0.717) is 11.1 Å². The molecule has 0 saturated carbocycles. The summed E-state index contributed by atoms with van der Waals surface area (Å²) in [7, 11) is 0. The number of halogens is 2. The quantitative estimate of drug-likeness (QED) is 0.659. The molecule has 0 amide bonds. The zero-order chi connectivity index (χ0) is 15.6. The summed E-state index contributed by atoms with van der Waals surface area (Å²) in [6.45, 7) is 4.23. The van der Waals surface area contributed by atoms with Crippen LogP contribution in [0.1, 0.15) is 45.7 Å². The smallest absolute Gasteiger partial charge is 0.228 e. The predicted octanol–water partition coefficient (Wildman–Crippen LogP) is 5.08. The third kappa shape index (κ3) is 3.50. The minimum atomic E-state index is -0.207. The minimum Gasteiger partial charge on any atom is -0.281 e. The molecule has 108 valence electrons. The molecule has 0 fully saturated rings. The molecule has 2 rings (SSSR count). The first-order valence-electron chi connectivity index (χ1n) is 6.43. The van der Waals surface area contributed by atoms with Crippen molar-refractivity contribution in [1.29, 1.82) is 0 Å². The summed E-state index contributed by atoms with van der Waals surface area (Å²) in [5, 5.41) is 0. The molecule has 0 aliphatic heterocycles. The highest BCUT2D eigenvalue weighted by Crippen LogP contribution is 2.32. The Kier molecular flexibility index (Phi) is 4.79. The second kappa shape index (κ2) is 6.24. The van der Waals surface area contributed by atoms with Crippen LogP contribution in [0.5, 0.6) is 0 Å². The Morgan fingerprint density at radius 1 is 0.714 bits per heavy atom. The van der Waals surface area contributed by atoms with E-state index in [1.54, 1.807) is 0 Å². The lowest BCUT2D eigenvalue weighted by Crippen LogP contribution is -2.19. The van der Waals surface area contributed by atoms with Crippen LogP contribution < -0.4 is 0 Å². The van der Waals surface area contributed by atoms with Gasteiger partial charge in [-0.15, -0.1) is 0 Å². The predicted molar refractivity (Wildman–Crippen MR) is 91.5 cm³/mol. The summed E-state index contributed by atoms with van der Waals surface area (Å²) in [5.74, 6) is 0. The number of carbonyl (C=O) groups is 2. The van der Waals surface area contributed by atoms with Crippen LogP contribution in [0.25, 0.3) is 0 Å². The molecule has 0 atom stereocenters. The highest BCUT2D eigenvalue weighted by atomic mass is 79.9. The fraction of sp³-hybridized carbons (Fsp3) is 0.176. The molecular weight excluding hydrogens is 396 g/mol. The molecule has 0 bridgehead atoms. The molecular formula is C17H14Br2O2. The second-order valence-corrected chi connectivity index (χ2v) is 6.77. The molecule has 2 aromatic rings. The van der Waals surface area contributed by atoms with Gasteiger partial charge >= 0.3 is 0 Å². The number of carbonyl (C=O) groups excluding carboxylic acids is 2. The fourth-order valence-electron chi connectivity index (χ4n) is 2.20. The van der Waals surface area contributed by atoms with Crippen molar-refractivity contribution in [3.63, 3.8) is 0 Å². The van der Waals surface area contributed by atoms with E-state index in [4.69, 9.17) is 0 Å². The van der Waals surface area contributed by atoms with E-state index in [9.17, 15) is 9.59 Å². The molecule has 0 spiro atoms. The van der Waals surface area contributed by atoms with Crippen LogP contribution in [0.15, 0.2) is 48.5 Å². The van der Waals surface area contributed by atoms with Crippen molar-refractivity contribution in [3.8, 4) is 0 Å². The van der Waals surface area contributed by atoms with Gasteiger partial charge in [0.05, 0.1) is 0 Å². The van der Waals surface area contributed by atoms with Crippen molar-refractivity contribution in [2.75, 3.05) is 0 Å². The molecule has 2 aromatic carbocycles. The van der Waals surface area contributed by atoms with E-state index in [1.807, 2.05) is 48.5 Å². The third-order valence-corrected chi connectivity index (χ3v) is 4.58. The Hall–Kier alpha value is -1.26. The molecule has 0 aliphatic carbocycles. The number of hydrogen-bond donors (Lipinski definition) is 0. The zero-order valence-corrected chi connectivity index (χ0v) is 14.9. The van der Waals surface area contributed by atoms with Crippen LogP contribution in [-0.2, 0) is 5.41 Å². The van der Waals surface area contributed by atoms with Gasteiger partial charge in [-0.2, -0.15) is 0 Å². The van der Waals surface area contributed by atoms with Crippen LogP contribution in [0.2, 0.25) is 0 Å². The Bertz CT molecular complexity index is 611. The molecule has 0 N–H and O–H groups in total. The summed E-state index contributed by atoms with van der Waals surface area (Å²) in [5.41, 5.74) is 3.28. The molecule has 0 aromatic heterocycles. The average Bonchev–Trinajstić information content (AvgIpc) is 2.47. The van der Waals surface area contributed by atoms with Gasteiger partial charge in [-0.3, -0.25) is 9.59 Å². The monoisotopic (exact) mass is 408 g/mol. The highest BCUT2D eigenvalue weighted by Gasteiger charge is 2.23. The molecule has 0 aliphatic rings. The maximum atomic E-state index is 11.3. The van der Waals surface area contributed by atoms with Crippen molar-refractivity contribution in [2.45, 2.75) is 19.3 Å². The normalized spacial score (nSPS) is 11.2. The fourth-order valence-corrected chi connectivity index (χ4v) is 2.73. The second-order valence-electron chi connectivity index (χ2n) is 5.33. The van der Waals surface area contributed by atoms with Gasteiger partial charge in [-0.25, -0.2) is 0 Å². The summed E-state index contributed by atoms with van der Waals surface area (Å²) in [6, 6.07) is 15.1. The zero-order valence-electron chi connectivity index (χ0n) is 11.7. The average molecular weight is 410 g/mol. The minimum absolute atomic E-state index is 0.118. The van der Waals surface area contributed by atoms with Crippen LogP contribution in [0.4, 0.5) is 0 Å². The molecule has 4 heteroatoms. The van der Waals surface area contributed by atoms with Gasteiger partial charge in [0.2, 0.25) is 9.39 Å². The van der Waals surface area contributed by atoms with Crippen molar-refractivity contribution in [1.82, 2.24) is 0 Å². The summed E-state index contributed by atoms with van der Waals surface area (Å²) >= 11 is 5.90. The lowest BCUT2D eigenvalue weighted by molar-refractivity contribution is 0.108. The third-order valence-electron chi connectivity index (χ3n) is 3.67. The van der Waals surface area contributed by atoms with E-state index in [0.717, 1.165) is 11.1 Å². The van der Waals surface area contributed by atoms with Crippen molar-refractivity contribution in [3.05, 3.63) is 70.8 Å². The maximum Gasteiger partial charge on any atom is 0.228 e. The van der Waals surface area contributed by atoms with Crippen molar-refractivity contribution in [2.24, 2.45) is 0 Å². The largest absolute Gasteiger partial charge is 0.281 e. The van der Waals surface area contributed by atoms with Gasteiger partial charge in [-0.1, -0.05) is 62.4 Å². The summed E-state index contributed by atoms with van der Waals surface area (Å²) < 4.78 is -0.237. The molecule has 0 heterocycles. The Balaban J connectivity index is 2.36. The van der Waals surface area contributed by atoms with E-state index in [-0.39, 0.29) is 14.8 Å². The Morgan fingerprint density at radius 3 is 1.24 bits per heavy atom. The summed E-state index contributed by atoms with van der Waals surface area (Å²) in [6.07, 6.45) is 0. The SMILES string of the molecule is CC(C)(c1ccc(C(=O)Br)cc1)c1ccc(C(=O)Br)cc1. The molecule has 21 heavy (non-hydrogen) atoms. The van der Waals surface area contributed by atoms with Crippen LogP contribution in [-0.4, -0.2) is 9.39 Å². The van der Waals surface area contributed by atoms with Crippen LogP contribution in [0.3, 0.4) is 0 Å². The molecule has 0 unspecified atom stereocenters. The lowest BCUT2D eigenvalue weighted by Gasteiger charge is -2.26. The summed E-state index contributed by atoms with van der Waals surface area (Å²) in [4.78, 5) is 22.5. The maximum absolute atomic E-state index is 11.3. The Morgan fingerprint density at radius 2 is 1.00 bits per heavy atom. The van der Waals surface area contributed by atoms with Gasteiger partial charge in [0.25, 0.3) is 0 Å². The van der Waals surface area contributed by atoms with E-state index in [1.165, 1.54) is 0 Å². The van der Waals surface area contributed by atoms with Gasteiger partial charge in [0.1, 0.15) is 0 Å². The molecule has 0 saturated heterocycles. The number of rotatable bonds is 4. The molecule has 2 nitrogen and oxygen atoms in total. The highest BCUT2D eigenvalue weighted by molar-refractivity contribution is 9.18. The number of benzene rings is 2. The first-order valence-corrected chi connectivity index (χ1v) is 8.01. The van der Waals surface area contributed by atoms with Gasteiger partial charge < -0.3 is 0 Å². The first kappa shape index (κ1) is 16.1. The van der Waals surface area contributed by atoms with E-state index >= 15 is 0 Å². The van der Waals surface area contributed by atoms with Crippen molar-refractivity contribution >= 4 is 41.2 Å². The van der Waals surface area contributed by atoms with E-state index in [2.05, 4.69) is 45.7 Å². The topological polar surface area (TPSA) is 34.1 Å². The van der Waals surface area contributed by atoms with Gasteiger partial charge in [-0.05, 0) is 43.0 Å². The molecule has 0 radical (unpaired) electrons. The van der Waals surface area contributed by atoms with Gasteiger partial charge in [0, 0.05) is 16.5 Å². The lowest BCUT2D eigenvalue weighted by atomic mass is 9.78. The van der Waals surface area contributed by atoms with E-state index < -0.39 is 0 Å². The van der Waals surface area contributed by atoms with Crippen LogP contribution in [0, 0.1) is 0 Å². The Labute approximate surface area is 140 Å². The van der Waals surface area contributed by atoms with Crippen molar-refractivity contribution < 1.29 is 9.59 Å². The first-order chi connectivity index (χ1) is 9.82.